The summed E-state index contributed by atoms with van der Waals surface area (Å²) in [7, 11) is 1.95. The Morgan fingerprint density at radius 3 is 2.69 bits per heavy atom. The maximum atomic E-state index is 13.4. The number of esters is 1. The fourth-order valence-electron chi connectivity index (χ4n) is 4.52. The van der Waals surface area contributed by atoms with Crippen LogP contribution in [-0.2, 0) is 21.4 Å². The van der Waals surface area contributed by atoms with Crippen molar-refractivity contribution in [3.63, 3.8) is 0 Å². The van der Waals surface area contributed by atoms with Crippen LogP contribution in [0.4, 0.5) is 4.39 Å². The van der Waals surface area contributed by atoms with Gasteiger partial charge in [-0.2, -0.15) is 5.10 Å². The van der Waals surface area contributed by atoms with Crippen molar-refractivity contribution in [1.29, 1.82) is 0 Å². The Kier molecular flexibility index (Phi) is 6.69. The lowest BCUT2D eigenvalue weighted by atomic mass is 9.98. The molecule has 8 heteroatoms. The average molecular weight is 441 g/mol. The van der Waals surface area contributed by atoms with Crippen molar-refractivity contribution < 1.29 is 18.7 Å². The SMILES string of the molecule is CCOC(=O)[C@H]1CCCN(CC(=O)N2N=C(c3ccc(F)cc3)C[C@H]2c2cccn2C)C1. The second kappa shape index (κ2) is 9.65. The van der Waals surface area contributed by atoms with E-state index in [1.165, 1.54) is 12.1 Å². The lowest BCUT2D eigenvalue weighted by molar-refractivity contribution is -0.150. The van der Waals surface area contributed by atoms with Crippen LogP contribution in [0.1, 0.15) is 43.5 Å². The maximum absolute atomic E-state index is 13.4. The summed E-state index contributed by atoms with van der Waals surface area (Å²) in [5, 5.41) is 6.22. The fraction of sp³-hybridized carbons (Fsp3) is 0.458. The highest BCUT2D eigenvalue weighted by atomic mass is 19.1. The second-order valence-electron chi connectivity index (χ2n) is 8.38. The largest absolute Gasteiger partial charge is 0.466 e. The van der Waals surface area contributed by atoms with E-state index in [0.29, 0.717) is 19.6 Å². The number of hydrazone groups is 1. The molecule has 1 fully saturated rings. The summed E-state index contributed by atoms with van der Waals surface area (Å²) in [6.07, 6.45) is 4.14. The highest BCUT2D eigenvalue weighted by Gasteiger charge is 2.36. The molecule has 0 unspecified atom stereocenters. The third-order valence-corrected chi connectivity index (χ3v) is 6.15. The minimum absolute atomic E-state index is 0.113. The number of ether oxygens (including phenoxy) is 1. The molecule has 4 rings (SSSR count). The second-order valence-corrected chi connectivity index (χ2v) is 8.38. The van der Waals surface area contributed by atoms with Gasteiger partial charge in [0.2, 0.25) is 0 Å². The third-order valence-electron chi connectivity index (χ3n) is 6.15. The summed E-state index contributed by atoms with van der Waals surface area (Å²) < 4.78 is 20.5. The zero-order chi connectivity index (χ0) is 22.7. The van der Waals surface area contributed by atoms with E-state index < -0.39 is 0 Å². The molecule has 1 saturated heterocycles. The number of hydrogen-bond acceptors (Lipinski definition) is 5. The first-order valence-corrected chi connectivity index (χ1v) is 11.1. The number of aryl methyl sites for hydroxylation is 1. The van der Waals surface area contributed by atoms with E-state index in [2.05, 4.69) is 5.10 Å². The molecule has 0 saturated carbocycles. The molecular weight excluding hydrogens is 411 g/mol. The number of rotatable bonds is 6. The summed E-state index contributed by atoms with van der Waals surface area (Å²) in [4.78, 5) is 27.5. The lowest BCUT2D eigenvalue weighted by Gasteiger charge is -2.32. The molecule has 0 aliphatic carbocycles. The van der Waals surface area contributed by atoms with Gasteiger partial charge in [-0.05, 0) is 56.1 Å². The molecule has 2 aliphatic heterocycles. The normalized spacial score (nSPS) is 21.5. The maximum Gasteiger partial charge on any atom is 0.310 e. The summed E-state index contributed by atoms with van der Waals surface area (Å²) >= 11 is 0. The first-order chi connectivity index (χ1) is 15.5. The van der Waals surface area contributed by atoms with Crippen molar-refractivity contribution in [3.8, 4) is 0 Å². The Morgan fingerprint density at radius 2 is 2.00 bits per heavy atom. The van der Waals surface area contributed by atoms with Crippen LogP contribution in [0.25, 0.3) is 0 Å². The van der Waals surface area contributed by atoms with Crippen molar-refractivity contribution in [2.75, 3.05) is 26.2 Å². The van der Waals surface area contributed by atoms with Gasteiger partial charge in [0, 0.05) is 31.9 Å². The third kappa shape index (κ3) is 4.75. The van der Waals surface area contributed by atoms with Crippen molar-refractivity contribution in [3.05, 3.63) is 59.7 Å². The summed E-state index contributed by atoms with van der Waals surface area (Å²) in [6.45, 7) is 3.63. The predicted molar refractivity (Wildman–Crippen MR) is 118 cm³/mol. The van der Waals surface area contributed by atoms with E-state index >= 15 is 0 Å². The lowest BCUT2D eigenvalue weighted by Crippen LogP contribution is -2.45. The Labute approximate surface area is 187 Å². The molecule has 0 radical (unpaired) electrons. The molecule has 3 heterocycles. The van der Waals surface area contributed by atoms with Crippen LogP contribution in [0.5, 0.6) is 0 Å². The van der Waals surface area contributed by atoms with E-state index in [-0.39, 0.29) is 36.2 Å². The summed E-state index contributed by atoms with van der Waals surface area (Å²) in [6, 6.07) is 9.91. The number of piperidine rings is 1. The Bertz CT molecular complexity index is 1000. The average Bonchev–Trinajstić information content (AvgIpc) is 3.41. The van der Waals surface area contributed by atoms with Crippen LogP contribution in [0, 0.1) is 11.7 Å². The summed E-state index contributed by atoms with van der Waals surface area (Å²) in [5.41, 5.74) is 2.55. The molecule has 0 spiro atoms. The molecule has 1 aromatic heterocycles. The van der Waals surface area contributed by atoms with Crippen molar-refractivity contribution >= 4 is 17.6 Å². The number of amides is 1. The van der Waals surface area contributed by atoms with Gasteiger partial charge in [-0.3, -0.25) is 14.5 Å². The Balaban J connectivity index is 1.52. The first-order valence-electron chi connectivity index (χ1n) is 11.1. The van der Waals surface area contributed by atoms with Crippen LogP contribution >= 0.6 is 0 Å². The smallest absolute Gasteiger partial charge is 0.310 e. The topological polar surface area (TPSA) is 67.1 Å². The molecule has 2 atom stereocenters. The zero-order valence-corrected chi connectivity index (χ0v) is 18.5. The van der Waals surface area contributed by atoms with Gasteiger partial charge in [0.15, 0.2) is 0 Å². The van der Waals surface area contributed by atoms with E-state index in [1.807, 2.05) is 34.8 Å². The number of benzene rings is 1. The molecule has 32 heavy (non-hydrogen) atoms. The van der Waals surface area contributed by atoms with Crippen molar-refractivity contribution in [2.45, 2.75) is 32.2 Å². The summed E-state index contributed by atoms with van der Waals surface area (Å²) in [5.74, 6) is -0.806. The molecule has 1 amide bonds. The van der Waals surface area contributed by atoms with Gasteiger partial charge in [0.25, 0.3) is 5.91 Å². The molecule has 170 valence electrons. The zero-order valence-electron chi connectivity index (χ0n) is 18.5. The Hall–Kier alpha value is -3.00. The van der Waals surface area contributed by atoms with Crippen LogP contribution in [-0.4, -0.2) is 58.3 Å². The minimum Gasteiger partial charge on any atom is -0.466 e. The van der Waals surface area contributed by atoms with Gasteiger partial charge in [-0.15, -0.1) is 0 Å². The van der Waals surface area contributed by atoms with E-state index in [4.69, 9.17) is 4.74 Å². The number of nitrogens with zero attached hydrogens (tertiary/aromatic N) is 4. The number of carbonyl (C=O) groups is 2. The molecule has 7 nitrogen and oxygen atoms in total. The van der Waals surface area contributed by atoms with Gasteiger partial charge in [0.05, 0.1) is 24.8 Å². The van der Waals surface area contributed by atoms with Crippen LogP contribution in [0.2, 0.25) is 0 Å². The van der Waals surface area contributed by atoms with E-state index in [1.54, 1.807) is 24.1 Å². The van der Waals surface area contributed by atoms with Crippen molar-refractivity contribution in [2.24, 2.45) is 18.1 Å². The van der Waals surface area contributed by atoms with Gasteiger partial charge in [-0.1, -0.05) is 12.1 Å². The van der Waals surface area contributed by atoms with Gasteiger partial charge < -0.3 is 9.30 Å². The monoisotopic (exact) mass is 440 g/mol. The molecule has 2 aliphatic rings. The highest BCUT2D eigenvalue weighted by molar-refractivity contribution is 6.03. The van der Waals surface area contributed by atoms with E-state index in [0.717, 1.165) is 36.4 Å². The first kappa shape index (κ1) is 22.2. The minimum atomic E-state index is -0.305. The van der Waals surface area contributed by atoms with E-state index in [9.17, 15) is 14.0 Å². The number of carbonyl (C=O) groups excluding carboxylic acids is 2. The fourth-order valence-corrected chi connectivity index (χ4v) is 4.52. The number of hydrogen-bond donors (Lipinski definition) is 0. The van der Waals surface area contributed by atoms with Crippen LogP contribution < -0.4 is 0 Å². The predicted octanol–water partition coefficient (Wildman–Crippen LogP) is 3.12. The quantitative estimate of drug-likeness (QED) is 0.648. The van der Waals surface area contributed by atoms with Crippen LogP contribution in [0.15, 0.2) is 47.7 Å². The van der Waals surface area contributed by atoms with Gasteiger partial charge in [0.1, 0.15) is 11.9 Å². The number of halogens is 1. The van der Waals surface area contributed by atoms with Crippen LogP contribution in [0.3, 0.4) is 0 Å². The molecule has 1 aromatic carbocycles. The standard InChI is InChI=1S/C24H29FN4O3/c1-3-32-24(31)18-6-4-13-28(15-18)16-23(30)29-22(21-7-5-12-27(21)2)14-20(26-29)17-8-10-19(25)11-9-17/h5,7-12,18,22H,3-4,6,13-16H2,1-2H3/t18-,22-/m0/s1. The number of likely N-dealkylation sites (tertiary alicyclic amines) is 1. The highest BCUT2D eigenvalue weighted by Crippen LogP contribution is 2.33. The molecule has 2 aromatic rings. The molecule has 0 bridgehead atoms. The molecular formula is C24H29FN4O3. The van der Waals surface area contributed by atoms with Gasteiger partial charge >= 0.3 is 5.97 Å². The van der Waals surface area contributed by atoms with Gasteiger partial charge in [-0.25, -0.2) is 9.40 Å². The van der Waals surface area contributed by atoms with Crippen molar-refractivity contribution in [1.82, 2.24) is 14.5 Å². The molecule has 0 N–H and O–H groups in total. The Morgan fingerprint density at radius 1 is 1.22 bits per heavy atom. The number of aromatic nitrogens is 1.